The van der Waals surface area contributed by atoms with E-state index in [4.69, 9.17) is 0 Å². The summed E-state index contributed by atoms with van der Waals surface area (Å²) in [4.78, 5) is 17.0. The molecule has 0 aliphatic carbocycles. The molecule has 0 aliphatic rings. The third-order valence-electron chi connectivity index (χ3n) is 4.51. The van der Waals surface area contributed by atoms with Gasteiger partial charge in [0.1, 0.15) is 0 Å². The second-order valence-electron chi connectivity index (χ2n) is 6.55. The fraction of sp³-hybridized carbons (Fsp3) is 0.182. The van der Waals surface area contributed by atoms with E-state index in [9.17, 15) is 13.2 Å². The average molecular weight is 442 g/mol. The molecule has 0 spiro atoms. The molecule has 0 radical (unpaired) electrons. The van der Waals surface area contributed by atoms with Gasteiger partial charge in [-0.05, 0) is 42.3 Å². The molecule has 1 heterocycles. The standard InChI is InChI=1S/C22H23N3O3S2/c1-4-13-25(14-5-2)30(27,28)18-11-12-19-20(15-18)29-22(23-19)24-21(26)17-9-7-16(6-3)8-10-17/h4-5,7-12,15H,1-2,6,13-14H2,3H3,(H,23,24,26). The van der Waals surface area contributed by atoms with Crippen LogP contribution in [0.5, 0.6) is 0 Å². The van der Waals surface area contributed by atoms with E-state index in [-0.39, 0.29) is 23.9 Å². The van der Waals surface area contributed by atoms with Crippen LogP contribution in [0.2, 0.25) is 0 Å². The number of aromatic nitrogens is 1. The molecule has 3 aromatic rings. The lowest BCUT2D eigenvalue weighted by Gasteiger charge is -2.18. The third kappa shape index (κ3) is 4.67. The quantitative estimate of drug-likeness (QED) is 0.497. The molecule has 1 amide bonds. The van der Waals surface area contributed by atoms with E-state index < -0.39 is 10.0 Å². The van der Waals surface area contributed by atoms with Crippen LogP contribution in [0.4, 0.5) is 5.13 Å². The van der Waals surface area contributed by atoms with Gasteiger partial charge < -0.3 is 0 Å². The van der Waals surface area contributed by atoms with E-state index in [1.54, 1.807) is 24.3 Å². The smallest absolute Gasteiger partial charge is 0.257 e. The lowest BCUT2D eigenvalue weighted by Crippen LogP contribution is -2.31. The molecule has 0 fully saturated rings. The van der Waals surface area contributed by atoms with Gasteiger partial charge in [0.05, 0.1) is 15.1 Å². The molecular weight excluding hydrogens is 418 g/mol. The lowest BCUT2D eigenvalue weighted by molar-refractivity contribution is 0.102. The van der Waals surface area contributed by atoms with Gasteiger partial charge in [-0.1, -0.05) is 42.5 Å². The van der Waals surface area contributed by atoms with Gasteiger partial charge in [0, 0.05) is 18.7 Å². The Morgan fingerprint density at radius 3 is 2.40 bits per heavy atom. The van der Waals surface area contributed by atoms with Crippen molar-refractivity contribution in [3.63, 3.8) is 0 Å². The van der Waals surface area contributed by atoms with Gasteiger partial charge in [-0.15, -0.1) is 13.2 Å². The van der Waals surface area contributed by atoms with Gasteiger partial charge in [0.15, 0.2) is 5.13 Å². The van der Waals surface area contributed by atoms with Gasteiger partial charge in [-0.25, -0.2) is 13.4 Å². The molecule has 2 aromatic carbocycles. The molecule has 0 unspecified atom stereocenters. The van der Waals surface area contributed by atoms with Gasteiger partial charge in [0.25, 0.3) is 5.91 Å². The fourth-order valence-electron chi connectivity index (χ4n) is 2.89. The highest BCUT2D eigenvalue weighted by Gasteiger charge is 2.23. The van der Waals surface area contributed by atoms with Gasteiger partial charge in [-0.2, -0.15) is 4.31 Å². The number of sulfonamides is 1. The summed E-state index contributed by atoms with van der Waals surface area (Å²) in [6, 6.07) is 12.1. The van der Waals surface area contributed by atoms with Gasteiger partial charge >= 0.3 is 0 Å². The van der Waals surface area contributed by atoms with Gasteiger partial charge in [-0.3, -0.25) is 10.1 Å². The van der Waals surface area contributed by atoms with Crippen molar-refractivity contribution in [2.75, 3.05) is 18.4 Å². The summed E-state index contributed by atoms with van der Waals surface area (Å²) >= 11 is 1.23. The zero-order chi connectivity index (χ0) is 21.7. The first kappa shape index (κ1) is 21.9. The summed E-state index contributed by atoms with van der Waals surface area (Å²) in [5.41, 5.74) is 2.32. The molecule has 0 atom stereocenters. The summed E-state index contributed by atoms with van der Waals surface area (Å²) in [5.74, 6) is -0.257. The van der Waals surface area contributed by atoms with Crippen LogP contribution >= 0.6 is 11.3 Å². The Morgan fingerprint density at radius 2 is 1.80 bits per heavy atom. The first-order valence-corrected chi connectivity index (χ1v) is 11.7. The normalized spacial score (nSPS) is 11.5. The molecule has 3 rings (SSSR count). The monoisotopic (exact) mass is 441 g/mol. The highest BCUT2D eigenvalue weighted by molar-refractivity contribution is 7.89. The number of fused-ring (bicyclic) bond motifs is 1. The summed E-state index contributed by atoms with van der Waals surface area (Å²) in [6.45, 7) is 9.66. The number of carbonyl (C=O) groups is 1. The number of hydrogen-bond acceptors (Lipinski definition) is 5. The van der Waals surface area contributed by atoms with Crippen molar-refractivity contribution < 1.29 is 13.2 Å². The number of nitrogens with zero attached hydrogens (tertiary/aromatic N) is 2. The van der Waals surface area contributed by atoms with Crippen LogP contribution in [0, 0.1) is 0 Å². The zero-order valence-electron chi connectivity index (χ0n) is 16.7. The first-order chi connectivity index (χ1) is 14.4. The van der Waals surface area contributed by atoms with E-state index in [0.29, 0.717) is 20.9 Å². The highest BCUT2D eigenvalue weighted by Crippen LogP contribution is 2.29. The number of nitrogens with one attached hydrogen (secondary N) is 1. The number of thiazole rings is 1. The highest BCUT2D eigenvalue weighted by atomic mass is 32.2. The Bertz CT molecular complexity index is 1170. The van der Waals surface area contributed by atoms with Crippen LogP contribution in [0.3, 0.4) is 0 Å². The Morgan fingerprint density at radius 1 is 1.13 bits per heavy atom. The number of rotatable bonds is 9. The molecule has 156 valence electrons. The number of anilines is 1. The summed E-state index contributed by atoms with van der Waals surface area (Å²) in [7, 11) is -3.70. The summed E-state index contributed by atoms with van der Waals surface area (Å²) in [6.07, 6.45) is 3.97. The van der Waals surface area contributed by atoms with Crippen LogP contribution in [-0.4, -0.2) is 36.7 Å². The van der Waals surface area contributed by atoms with Crippen molar-refractivity contribution in [2.45, 2.75) is 18.2 Å². The number of benzene rings is 2. The predicted molar refractivity (Wildman–Crippen MR) is 123 cm³/mol. The largest absolute Gasteiger partial charge is 0.298 e. The maximum Gasteiger partial charge on any atom is 0.257 e. The van der Waals surface area contributed by atoms with Crippen molar-refractivity contribution in [1.29, 1.82) is 0 Å². The minimum absolute atomic E-state index is 0.162. The maximum atomic E-state index is 12.9. The Labute approximate surface area is 180 Å². The van der Waals surface area contributed by atoms with Crippen LogP contribution in [0.25, 0.3) is 10.2 Å². The van der Waals surface area contributed by atoms with Crippen molar-refractivity contribution in [3.8, 4) is 0 Å². The SMILES string of the molecule is C=CCN(CC=C)S(=O)(=O)c1ccc2nc(NC(=O)c3ccc(CC)cc3)sc2c1. The summed E-state index contributed by atoms with van der Waals surface area (Å²) < 4.78 is 27.8. The van der Waals surface area contributed by atoms with E-state index in [0.717, 1.165) is 12.0 Å². The molecule has 0 saturated carbocycles. The zero-order valence-corrected chi connectivity index (χ0v) is 18.3. The fourth-order valence-corrected chi connectivity index (χ4v) is 5.27. The van der Waals surface area contributed by atoms with E-state index in [1.807, 2.05) is 12.1 Å². The second-order valence-corrected chi connectivity index (χ2v) is 9.52. The predicted octanol–water partition coefficient (Wildman–Crippen LogP) is 4.47. The van der Waals surface area contributed by atoms with Crippen molar-refractivity contribution in [2.24, 2.45) is 0 Å². The van der Waals surface area contributed by atoms with Crippen LogP contribution in [0.15, 0.2) is 72.7 Å². The molecule has 1 N–H and O–H groups in total. The molecule has 6 nitrogen and oxygen atoms in total. The van der Waals surface area contributed by atoms with Crippen molar-refractivity contribution in [3.05, 3.63) is 78.9 Å². The Hall–Kier alpha value is -2.81. The average Bonchev–Trinajstić information content (AvgIpc) is 3.15. The van der Waals surface area contributed by atoms with Crippen LogP contribution in [0.1, 0.15) is 22.8 Å². The molecule has 0 aliphatic heterocycles. The van der Waals surface area contributed by atoms with E-state index >= 15 is 0 Å². The van der Waals surface area contributed by atoms with Crippen molar-refractivity contribution in [1.82, 2.24) is 9.29 Å². The minimum atomic E-state index is -3.70. The van der Waals surface area contributed by atoms with Crippen LogP contribution in [-0.2, 0) is 16.4 Å². The second kappa shape index (κ2) is 9.34. The minimum Gasteiger partial charge on any atom is -0.298 e. The number of carbonyl (C=O) groups excluding carboxylic acids is 1. The maximum absolute atomic E-state index is 12.9. The molecule has 30 heavy (non-hydrogen) atoms. The Kier molecular flexibility index (Phi) is 6.81. The molecule has 0 bridgehead atoms. The lowest BCUT2D eigenvalue weighted by atomic mass is 10.1. The topological polar surface area (TPSA) is 79.4 Å². The first-order valence-electron chi connectivity index (χ1n) is 9.42. The number of amides is 1. The summed E-state index contributed by atoms with van der Waals surface area (Å²) in [5, 5.41) is 3.20. The van der Waals surface area contributed by atoms with Gasteiger partial charge in [0.2, 0.25) is 10.0 Å². The van der Waals surface area contributed by atoms with E-state index in [1.165, 1.54) is 33.9 Å². The van der Waals surface area contributed by atoms with Crippen molar-refractivity contribution >= 4 is 42.6 Å². The number of hydrogen-bond donors (Lipinski definition) is 1. The molecule has 8 heteroatoms. The molecular formula is C22H23N3O3S2. The van der Waals surface area contributed by atoms with Crippen LogP contribution < -0.4 is 5.32 Å². The molecule has 1 aromatic heterocycles. The van der Waals surface area contributed by atoms with E-state index in [2.05, 4.69) is 30.4 Å². The Balaban J connectivity index is 1.85. The number of aryl methyl sites for hydroxylation is 1. The third-order valence-corrected chi connectivity index (χ3v) is 7.27. The molecule has 0 saturated heterocycles.